The zero-order chi connectivity index (χ0) is 23.8. The van der Waals surface area contributed by atoms with Crippen molar-refractivity contribution in [1.82, 2.24) is 14.1 Å². The van der Waals surface area contributed by atoms with Gasteiger partial charge in [-0.05, 0) is 58.4 Å². The zero-order valence-electron chi connectivity index (χ0n) is 19.2. The van der Waals surface area contributed by atoms with Gasteiger partial charge in [-0.1, -0.05) is 0 Å². The second-order valence-electron chi connectivity index (χ2n) is 8.41. The number of hydrogen-bond donors (Lipinski definition) is 1. The molecule has 1 amide bonds. The number of anilines is 1. The van der Waals surface area contributed by atoms with E-state index in [0.29, 0.717) is 42.2 Å². The van der Waals surface area contributed by atoms with Gasteiger partial charge < -0.3 is 10.1 Å². The van der Waals surface area contributed by atoms with Crippen molar-refractivity contribution in [3.05, 3.63) is 27.9 Å². The largest absolute Gasteiger partial charge is 0.462 e. The van der Waals surface area contributed by atoms with E-state index in [4.69, 9.17) is 4.74 Å². The normalized spacial score (nSPS) is 18.8. The van der Waals surface area contributed by atoms with E-state index in [-0.39, 0.29) is 24.0 Å². The lowest BCUT2D eigenvalue weighted by atomic mass is 9.99. The quantitative estimate of drug-likeness (QED) is 0.593. The van der Waals surface area contributed by atoms with Gasteiger partial charge in [-0.2, -0.15) is 9.40 Å². The van der Waals surface area contributed by atoms with Crippen molar-refractivity contribution in [2.24, 2.45) is 5.92 Å². The fourth-order valence-electron chi connectivity index (χ4n) is 4.55. The maximum absolute atomic E-state index is 13.3. The molecule has 2 aliphatic rings. The second kappa shape index (κ2) is 9.55. The summed E-state index contributed by atoms with van der Waals surface area (Å²) in [5.74, 6) is -1.17. The van der Waals surface area contributed by atoms with E-state index in [2.05, 4.69) is 10.4 Å². The number of rotatable bonds is 7. The van der Waals surface area contributed by atoms with Crippen LogP contribution in [0.3, 0.4) is 0 Å². The van der Waals surface area contributed by atoms with Gasteiger partial charge in [-0.15, -0.1) is 11.3 Å². The van der Waals surface area contributed by atoms with Crippen molar-refractivity contribution in [3.63, 3.8) is 0 Å². The number of hydrogen-bond acceptors (Lipinski definition) is 7. The van der Waals surface area contributed by atoms with Crippen LogP contribution >= 0.6 is 11.3 Å². The Morgan fingerprint density at radius 3 is 2.76 bits per heavy atom. The van der Waals surface area contributed by atoms with Crippen molar-refractivity contribution in [2.45, 2.75) is 64.3 Å². The van der Waals surface area contributed by atoms with Gasteiger partial charge in [-0.3, -0.25) is 9.48 Å². The van der Waals surface area contributed by atoms with Crippen LogP contribution in [0.15, 0.2) is 11.1 Å². The number of esters is 1. The van der Waals surface area contributed by atoms with Crippen LogP contribution in [-0.4, -0.2) is 54.1 Å². The number of nitrogens with one attached hydrogen (secondary N) is 1. The Hall–Kier alpha value is -2.24. The van der Waals surface area contributed by atoms with E-state index in [1.54, 1.807) is 24.7 Å². The molecule has 0 bridgehead atoms. The molecule has 2 aromatic heterocycles. The van der Waals surface area contributed by atoms with E-state index >= 15 is 0 Å². The zero-order valence-corrected chi connectivity index (χ0v) is 20.9. The van der Waals surface area contributed by atoms with E-state index in [9.17, 15) is 18.0 Å². The van der Waals surface area contributed by atoms with Crippen molar-refractivity contribution >= 4 is 38.2 Å². The lowest BCUT2D eigenvalue weighted by Crippen LogP contribution is -2.43. The highest BCUT2D eigenvalue weighted by Gasteiger charge is 2.36. The van der Waals surface area contributed by atoms with E-state index in [1.165, 1.54) is 15.6 Å². The molecule has 0 saturated carbocycles. The highest BCUT2D eigenvalue weighted by atomic mass is 32.2. The van der Waals surface area contributed by atoms with Crippen LogP contribution in [0.1, 0.15) is 59.6 Å². The molecule has 1 aliphatic heterocycles. The summed E-state index contributed by atoms with van der Waals surface area (Å²) in [5, 5.41) is 7.70. The van der Waals surface area contributed by atoms with Crippen molar-refractivity contribution in [3.8, 4) is 0 Å². The average molecular weight is 495 g/mol. The average Bonchev–Trinajstić information content (AvgIpc) is 3.48. The lowest BCUT2D eigenvalue weighted by molar-refractivity contribution is -0.120. The molecule has 1 saturated heterocycles. The molecule has 33 heavy (non-hydrogen) atoms. The van der Waals surface area contributed by atoms with Gasteiger partial charge in [0.25, 0.3) is 0 Å². The molecule has 9 nitrogen and oxygen atoms in total. The van der Waals surface area contributed by atoms with Crippen molar-refractivity contribution in [1.29, 1.82) is 0 Å². The minimum absolute atomic E-state index is 0.102. The standard InChI is InChI=1S/C22H30N4O5S2/c1-4-25-13-18(14(3)24-25)33(29,30)26-11-7-8-15(12-26)20(27)23-21-19(22(28)31-5-2)16-9-6-10-17(16)32-21/h13,15H,4-12H2,1-3H3,(H,23,27). The minimum Gasteiger partial charge on any atom is -0.462 e. The predicted octanol–water partition coefficient (Wildman–Crippen LogP) is 2.98. The SMILES string of the molecule is CCOC(=O)c1c(NC(=O)C2CCCN(S(=O)(=O)c3cn(CC)nc3C)C2)sc2c1CCC2. The number of nitrogens with zero attached hydrogens (tertiary/aromatic N) is 3. The third-order valence-corrected chi connectivity index (χ3v) is 9.41. The molecule has 11 heteroatoms. The summed E-state index contributed by atoms with van der Waals surface area (Å²) in [6.45, 7) is 6.64. The van der Waals surface area contributed by atoms with Crippen LogP contribution in [0, 0.1) is 12.8 Å². The van der Waals surface area contributed by atoms with Crippen LogP contribution in [0.2, 0.25) is 0 Å². The molecule has 3 heterocycles. The molecule has 2 aromatic rings. The summed E-state index contributed by atoms with van der Waals surface area (Å²) in [4.78, 5) is 27.0. The Bertz CT molecular complexity index is 1170. The Balaban J connectivity index is 1.52. The molecule has 1 atom stereocenters. The Morgan fingerprint density at radius 1 is 1.27 bits per heavy atom. The van der Waals surface area contributed by atoms with Crippen molar-refractivity contribution < 1.29 is 22.7 Å². The molecule has 1 aliphatic carbocycles. The summed E-state index contributed by atoms with van der Waals surface area (Å²) in [6, 6.07) is 0. The Morgan fingerprint density at radius 2 is 2.06 bits per heavy atom. The first-order valence-corrected chi connectivity index (χ1v) is 13.7. The first kappa shape index (κ1) is 23.9. The van der Waals surface area contributed by atoms with E-state index in [0.717, 1.165) is 29.7 Å². The van der Waals surface area contributed by atoms with Gasteiger partial charge >= 0.3 is 5.97 Å². The highest BCUT2D eigenvalue weighted by Crippen LogP contribution is 2.40. The van der Waals surface area contributed by atoms with Crippen LogP contribution in [-0.2, 0) is 38.9 Å². The van der Waals surface area contributed by atoms with Gasteiger partial charge in [0.05, 0.1) is 23.8 Å². The summed E-state index contributed by atoms with van der Waals surface area (Å²) in [5.41, 5.74) is 1.89. The molecule has 0 aromatic carbocycles. The van der Waals surface area contributed by atoms with Crippen LogP contribution in [0.4, 0.5) is 5.00 Å². The van der Waals surface area contributed by atoms with Crippen LogP contribution in [0.5, 0.6) is 0 Å². The molecule has 1 fully saturated rings. The van der Waals surface area contributed by atoms with Gasteiger partial charge in [0.2, 0.25) is 15.9 Å². The first-order valence-electron chi connectivity index (χ1n) is 11.4. The summed E-state index contributed by atoms with van der Waals surface area (Å²) >= 11 is 1.43. The number of ether oxygens (including phenoxy) is 1. The molecule has 0 radical (unpaired) electrons. The number of thiophene rings is 1. The molecule has 180 valence electrons. The second-order valence-corrected chi connectivity index (χ2v) is 11.4. The summed E-state index contributed by atoms with van der Waals surface area (Å²) in [6.07, 6.45) is 5.41. The fraction of sp³-hybridized carbons (Fsp3) is 0.591. The number of aryl methyl sites for hydroxylation is 3. The maximum atomic E-state index is 13.3. The van der Waals surface area contributed by atoms with E-state index in [1.807, 2.05) is 6.92 Å². The van der Waals surface area contributed by atoms with Gasteiger partial charge in [0.1, 0.15) is 9.90 Å². The highest BCUT2D eigenvalue weighted by molar-refractivity contribution is 7.89. The number of fused-ring (bicyclic) bond motifs is 1. The number of amides is 1. The number of carbonyl (C=O) groups is 2. The molecule has 1 N–H and O–H groups in total. The first-order chi connectivity index (χ1) is 15.8. The monoisotopic (exact) mass is 494 g/mol. The lowest BCUT2D eigenvalue weighted by Gasteiger charge is -2.31. The van der Waals surface area contributed by atoms with Gasteiger partial charge in [0, 0.05) is 30.7 Å². The molecule has 1 unspecified atom stereocenters. The molecular formula is C22H30N4O5S2. The number of carbonyl (C=O) groups excluding carboxylic acids is 2. The molecule has 4 rings (SSSR count). The third-order valence-electron chi connectivity index (χ3n) is 6.24. The van der Waals surface area contributed by atoms with Crippen molar-refractivity contribution in [2.75, 3.05) is 25.0 Å². The van der Waals surface area contributed by atoms with Crippen LogP contribution < -0.4 is 5.32 Å². The minimum atomic E-state index is -3.75. The predicted molar refractivity (Wildman–Crippen MR) is 125 cm³/mol. The summed E-state index contributed by atoms with van der Waals surface area (Å²) < 4.78 is 34.7. The third kappa shape index (κ3) is 4.58. The number of sulfonamides is 1. The number of aromatic nitrogens is 2. The fourth-order valence-corrected chi connectivity index (χ4v) is 7.53. The smallest absolute Gasteiger partial charge is 0.341 e. The summed E-state index contributed by atoms with van der Waals surface area (Å²) in [7, 11) is -3.75. The topological polar surface area (TPSA) is 111 Å². The van der Waals surface area contributed by atoms with E-state index < -0.39 is 21.9 Å². The Kier molecular flexibility index (Phi) is 6.92. The van der Waals surface area contributed by atoms with Gasteiger partial charge in [0.15, 0.2) is 0 Å². The van der Waals surface area contributed by atoms with Crippen LogP contribution in [0.25, 0.3) is 0 Å². The number of piperidine rings is 1. The Labute approximate surface area is 198 Å². The van der Waals surface area contributed by atoms with Gasteiger partial charge in [-0.25, -0.2) is 13.2 Å². The molecular weight excluding hydrogens is 464 g/mol. The maximum Gasteiger partial charge on any atom is 0.341 e. The molecule has 0 spiro atoms.